The monoisotopic (exact) mass is 456 g/mol. The minimum atomic E-state index is 0. The maximum atomic E-state index is 13.3. The molecule has 4 heterocycles. The Morgan fingerprint density at radius 2 is 1.47 bits per heavy atom. The fourth-order valence-electron chi connectivity index (χ4n) is 6.48. The van der Waals surface area contributed by atoms with E-state index in [-0.39, 0.29) is 14.7 Å². The molecular formula is C26H28N6O2. The molecule has 4 aromatic rings. The summed E-state index contributed by atoms with van der Waals surface area (Å²) in [4.78, 5) is 35.1. The fourth-order valence-corrected chi connectivity index (χ4v) is 6.48. The third-order valence-electron chi connectivity index (χ3n) is 8.20. The van der Waals surface area contributed by atoms with Crippen molar-refractivity contribution in [2.24, 2.45) is 23.7 Å². The minimum absolute atomic E-state index is 0. The average molecular weight is 457 g/mol. The van der Waals surface area contributed by atoms with Crippen LogP contribution in [0.15, 0.2) is 48.5 Å². The number of fused-ring (bicyclic) bond motifs is 6. The Kier molecular flexibility index (Phi) is 4.10. The van der Waals surface area contributed by atoms with Crippen LogP contribution >= 0.6 is 0 Å². The van der Waals surface area contributed by atoms with Crippen LogP contribution in [0.1, 0.15) is 29.3 Å². The molecule has 8 heteroatoms. The molecule has 2 saturated heterocycles. The van der Waals surface area contributed by atoms with Gasteiger partial charge in [0.2, 0.25) is 0 Å². The van der Waals surface area contributed by atoms with Gasteiger partial charge in [-0.05, 0) is 66.5 Å². The van der Waals surface area contributed by atoms with Gasteiger partial charge in [-0.15, -0.1) is 0 Å². The number of likely N-dealkylation sites (tertiary alicyclic amines) is 2. The predicted octanol–water partition coefficient (Wildman–Crippen LogP) is 3.40. The van der Waals surface area contributed by atoms with Gasteiger partial charge in [0.05, 0.1) is 5.52 Å². The summed E-state index contributed by atoms with van der Waals surface area (Å²) < 4.78 is 0. The Balaban J connectivity index is 0.00000133. The summed E-state index contributed by atoms with van der Waals surface area (Å²) in [6.45, 7) is 5.06. The number of hydrogen-bond donors (Lipinski definition) is 1. The van der Waals surface area contributed by atoms with Crippen LogP contribution in [0, 0.1) is 30.6 Å². The first-order valence-corrected chi connectivity index (χ1v) is 11.8. The van der Waals surface area contributed by atoms with Crippen LogP contribution < -0.4 is 0 Å². The molecular weight excluding hydrogens is 428 g/mol. The van der Waals surface area contributed by atoms with Gasteiger partial charge in [0, 0.05) is 40.0 Å². The Morgan fingerprint density at radius 3 is 2.21 bits per heavy atom. The van der Waals surface area contributed by atoms with Crippen molar-refractivity contribution >= 4 is 33.8 Å². The Bertz CT molecular complexity index is 1470. The number of H-pyrrole nitrogens is 1. The zero-order valence-electron chi connectivity index (χ0n) is 18.8. The van der Waals surface area contributed by atoms with Crippen LogP contribution in [-0.2, 0) is 0 Å². The van der Waals surface area contributed by atoms with Crippen molar-refractivity contribution in [1.29, 1.82) is 0 Å². The molecule has 3 fully saturated rings. The number of para-hydroxylation sites is 1. The SMILES string of the molecule is Cc1cc(C(=O)N2CC3C(C2)[C@@H]2CN(C(=O)c4ccc5n[nH]nc5c4)C[C@H]32)nc2ccccc12.[HH].[HH]. The zero-order chi connectivity index (χ0) is 23.0. The highest BCUT2D eigenvalue weighted by Gasteiger charge is 2.59. The first-order valence-electron chi connectivity index (χ1n) is 11.8. The summed E-state index contributed by atoms with van der Waals surface area (Å²) in [6.07, 6.45) is 0. The standard InChI is InChI=1S/C26H24N6O2.2H2/c1-14-8-24(27-21-5-3-2-4-16(14)21)26(34)32-12-19-17-10-31(11-18(17)20(19)13-32)25(33)15-6-7-22-23(9-15)29-30-28-22;;/h2-9,17-20H,10-13H2,1H3,(H,28,29,30);2*1H/t17-,18+,19?,20?;;. The third kappa shape index (κ3) is 2.81. The lowest BCUT2D eigenvalue weighted by Gasteiger charge is -2.42. The first-order chi connectivity index (χ1) is 16.6. The maximum absolute atomic E-state index is 13.3. The van der Waals surface area contributed by atoms with Crippen LogP contribution in [0.4, 0.5) is 0 Å². The summed E-state index contributed by atoms with van der Waals surface area (Å²) in [5, 5.41) is 11.8. The van der Waals surface area contributed by atoms with Crippen LogP contribution in [0.5, 0.6) is 0 Å². The van der Waals surface area contributed by atoms with E-state index in [9.17, 15) is 9.59 Å². The van der Waals surface area contributed by atoms with Crippen LogP contribution in [-0.4, -0.2) is 68.2 Å². The second kappa shape index (κ2) is 7.09. The summed E-state index contributed by atoms with van der Waals surface area (Å²) in [6, 6.07) is 15.3. The van der Waals surface area contributed by atoms with Gasteiger partial charge in [-0.3, -0.25) is 9.59 Å². The maximum Gasteiger partial charge on any atom is 0.272 e. The fraction of sp³-hybridized carbons (Fsp3) is 0.346. The molecule has 2 aliphatic heterocycles. The van der Waals surface area contributed by atoms with Gasteiger partial charge in [-0.25, -0.2) is 4.98 Å². The molecule has 7 rings (SSSR count). The van der Waals surface area contributed by atoms with Crippen molar-refractivity contribution in [2.45, 2.75) is 6.92 Å². The van der Waals surface area contributed by atoms with E-state index in [0.29, 0.717) is 40.4 Å². The average Bonchev–Trinajstić information content (AvgIpc) is 3.57. The molecule has 8 nitrogen and oxygen atoms in total. The molecule has 4 atom stereocenters. The van der Waals surface area contributed by atoms with Crippen molar-refractivity contribution < 1.29 is 12.4 Å². The molecule has 1 saturated carbocycles. The smallest absolute Gasteiger partial charge is 0.272 e. The number of benzene rings is 2. The highest BCUT2D eigenvalue weighted by Crippen LogP contribution is 2.54. The first kappa shape index (κ1) is 19.6. The quantitative estimate of drug-likeness (QED) is 0.499. The van der Waals surface area contributed by atoms with E-state index in [1.54, 1.807) is 6.07 Å². The van der Waals surface area contributed by atoms with Crippen LogP contribution in [0.3, 0.4) is 0 Å². The molecule has 2 aromatic heterocycles. The van der Waals surface area contributed by atoms with E-state index in [1.807, 2.05) is 59.2 Å². The number of amides is 2. The molecule has 2 amide bonds. The van der Waals surface area contributed by atoms with Gasteiger partial charge in [-0.2, -0.15) is 15.4 Å². The van der Waals surface area contributed by atoms with E-state index < -0.39 is 0 Å². The molecule has 0 bridgehead atoms. The van der Waals surface area contributed by atoms with Crippen molar-refractivity contribution in [3.05, 3.63) is 65.4 Å². The number of carbonyl (C=O) groups is 2. The number of nitrogens with zero attached hydrogens (tertiary/aromatic N) is 5. The van der Waals surface area contributed by atoms with Crippen LogP contribution in [0.2, 0.25) is 0 Å². The molecule has 1 N–H and O–H groups in total. The second-order valence-electron chi connectivity index (χ2n) is 9.94. The summed E-state index contributed by atoms with van der Waals surface area (Å²) in [5.74, 6) is 1.94. The topological polar surface area (TPSA) is 95.1 Å². The Hall–Kier alpha value is -3.81. The molecule has 2 aromatic carbocycles. The molecule has 2 unspecified atom stereocenters. The molecule has 3 aliphatic rings. The predicted molar refractivity (Wildman–Crippen MR) is 130 cm³/mol. The van der Waals surface area contributed by atoms with Gasteiger partial charge >= 0.3 is 0 Å². The van der Waals surface area contributed by atoms with Gasteiger partial charge in [0.1, 0.15) is 16.7 Å². The number of aromatic nitrogens is 4. The molecule has 0 radical (unpaired) electrons. The summed E-state index contributed by atoms with van der Waals surface area (Å²) in [5.41, 5.74) is 4.59. The van der Waals surface area contributed by atoms with Crippen molar-refractivity contribution in [2.75, 3.05) is 26.2 Å². The zero-order valence-corrected chi connectivity index (χ0v) is 18.8. The molecule has 34 heavy (non-hydrogen) atoms. The summed E-state index contributed by atoms with van der Waals surface area (Å²) in [7, 11) is 0. The van der Waals surface area contributed by atoms with Gasteiger partial charge < -0.3 is 9.80 Å². The number of hydrogen-bond acceptors (Lipinski definition) is 5. The Labute approximate surface area is 198 Å². The summed E-state index contributed by atoms with van der Waals surface area (Å²) >= 11 is 0. The lowest BCUT2D eigenvalue weighted by atomic mass is 9.60. The number of aryl methyl sites for hydroxylation is 1. The van der Waals surface area contributed by atoms with Crippen molar-refractivity contribution in [3.63, 3.8) is 0 Å². The van der Waals surface area contributed by atoms with E-state index >= 15 is 0 Å². The molecule has 0 spiro atoms. The van der Waals surface area contributed by atoms with Gasteiger partial charge in [-0.1, -0.05) is 18.2 Å². The highest BCUT2D eigenvalue weighted by molar-refractivity contribution is 5.98. The van der Waals surface area contributed by atoms with Crippen molar-refractivity contribution in [1.82, 2.24) is 30.2 Å². The number of pyridine rings is 1. The number of carbonyl (C=O) groups excluding carboxylic acids is 2. The third-order valence-corrected chi connectivity index (χ3v) is 8.20. The second-order valence-corrected chi connectivity index (χ2v) is 9.94. The Morgan fingerprint density at radius 1 is 0.824 bits per heavy atom. The van der Waals surface area contributed by atoms with E-state index in [0.717, 1.165) is 48.2 Å². The van der Waals surface area contributed by atoms with Gasteiger partial charge in [0.15, 0.2) is 0 Å². The van der Waals surface area contributed by atoms with Crippen LogP contribution in [0.25, 0.3) is 21.9 Å². The van der Waals surface area contributed by atoms with E-state index in [4.69, 9.17) is 0 Å². The highest BCUT2D eigenvalue weighted by atomic mass is 16.2. The van der Waals surface area contributed by atoms with Gasteiger partial charge in [0.25, 0.3) is 11.8 Å². The molecule has 174 valence electrons. The number of rotatable bonds is 2. The lowest BCUT2D eigenvalue weighted by Crippen LogP contribution is -2.44. The lowest BCUT2D eigenvalue weighted by molar-refractivity contribution is 0.0629. The number of aromatic amines is 1. The minimum Gasteiger partial charge on any atom is -0.338 e. The molecule has 1 aliphatic carbocycles. The number of nitrogens with one attached hydrogen (secondary N) is 1. The van der Waals surface area contributed by atoms with E-state index in [1.165, 1.54) is 0 Å². The van der Waals surface area contributed by atoms with E-state index in [2.05, 4.69) is 20.4 Å². The van der Waals surface area contributed by atoms with Crippen molar-refractivity contribution in [3.8, 4) is 0 Å². The normalized spacial score (nSPS) is 25.4. The largest absolute Gasteiger partial charge is 0.338 e.